The van der Waals surface area contributed by atoms with Crippen molar-refractivity contribution in [1.29, 1.82) is 0 Å². The molecule has 5 rings (SSSR count). The lowest BCUT2D eigenvalue weighted by Gasteiger charge is -2.35. The molecule has 2 heterocycles. The van der Waals surface area contributed by atoms with E-state index in [2.05, 4.69) is 15.1 Å². The molecule has 0 unspecified atom stereocenters. The summed E-state index contributed by atoms with van der Waals surface area (Å²) in [7, 11) is 0. The van der Waals surface area contributed by atoms with Crippen molar-refractivity contribution in [2.75, 3.05) is 11.9 Å². The van der Waals surface area contributed by atoms with E-state index in [-0.39, 0.29) is 24.0 Å². The average Bonchev–Trinajstić information content (AvgIpc) is 3.28. The molecule has 37 heavy (non-hydrogen) atoms. The Kier molecular flexibility index (Phi) is 7.16. The van der Waals surface area contributed by atoms with E-state index in [0.29, 0.717) is 32.3 Å². The van der Waals surface area contributed by atoms with Gasteiger partial charge in [-0.3, -0.25) is 14.5 Å². The van der Waals surface area contributed by atoms with Gasteiger partial charge in [0.05, 0.1) is 34.7 Å². The molecule has 3 aromatic rings. The van der Waals surface area contributed by atoms with Crippen molar-refractivity contribution >= 4 is 28.4 Å². The number of fused-ring (bicyclic) bond motifs is 1. The first-order valence-corrected chi connectivity index (χ1v) is 13.4. The van der Waals surface area contributed by atoms with E-state index in [1.54, 1.807) is 0 Å². The highest BCUT2D eigenvalue weighted by Gasteiger charge is 2.38. The van der Waals surface area contributed by atoms with Gasteiger partial charge in [-0.25, -0.2) is 6.57 Å². The number of rotatable bonds is 6. The number of benzene rings is 1. The topological polar surface area (TPSA) is 93.6 Å². The van der Waals surface area contributed by atoms with Gasteiger partial charge in [0.25, 0.3) is 0 Å². The molecule has 0 bridgehead atoms. The van der Waals surface area contributed by atoms with Gasteiger partial charge in [-0.15, -0.1) is 0 Å². The predicted molar refractivity (Wildman–Crippen MR) is 142 cm³/mol. The molecule has 0 spiro atoms. The van der Waals surface area contributed by atoms with E-state index in [1.807, 2.05) is 55.1 Å². The minimum absolute atomic E-state index is 0.0582. The fourth-order valence-electron chi connectivity index (χ4n) is 6.00. The number of aromatic nitrogens is 3. The molecule has 0 aliphatic heterocycles. The number of carbonyl (C=O) groups is 1. The van der Waals surface area contributed by atoms with Gasteiger partial charge in [-0.2, -0.15) is 5.10 Å². The van der Waals surface area contributed by atoms with Gasteiger partial charge in [-0.1, -0.05) is 18.6 Å². The molecule has 1 aromatic carbocycles. The number of hydrogen-bond donors (Lipinski definition) is 2. The van der Waals surface area contributed by atoms with E-state index >= 15 is 0 Å². The maximum Gasteiger partial charge on any atom is 0.308 e. The summed E-state index contributed by atoms with van der Waals surface area (Å²) in [6.07, 6.45) is 8.19. The van der Waals surface area contributed by atoms with Crippen molar-refractivity contribution in [1.82, 2.24) is 14.8 Å². The average molecular weight is 502 g/mol. The molecule has 0 saturated heterocycles. The van der Waals surface area contributed by atoms with Gasteiger partial charge in [0.1, 0.15) is 6.04 Å². The van der Waals surface area contributed by atoms with Gasteiger partial charge in [0.15, 0.2) is 5.82 Å². The highest BCUT2D eigenvalue weighted by atomic mass is 16.5. The second-order valence-electron chi connectivity index (χ2n) is 10.4. The van der Waals surface area contributed by atoms with Crippen molar-refractivity contribution in [2.45, 2.75) is 82.9 Å². The Morgan fingerprint density at radius 3 is 2.62 bits per heavy atom. The first-order valence-electron chi connectivity index (χ1n) is 13.4. The van der Waals surface area contributed by atoms with Crippen LogP contribution >= 0.6 is 0 Å². The van der Waals surface area contributed by atoms with Crippen LogP contribution in [0.4, 0.5) is 11.5 Å². The molecule has 8 heteroatoms. The van der Waals surface area contributed by atoms with Gasteiger partial charge >= 0.3 is 5.97 Å². The summed E-state index contributed by atoms with van der Waals surface area (Å²) < 4.78 is 7.20. The van der Waals surface area contributed by atoms with Crippen LogP contribution in [0.3, 0.4) is 0 Å². The number of ether oxygens (including phenoxy) is 1. The summed E-state index contributed by atoms with van der Waals surface area (Å²) in [6, 6.07) is 9.82. The molecule has 2 aromatic heterocycles. The molecule has 194 valence electrons. The Balaban J connectivity index is 1.36. The number of nitrogens with zero attached hydrogens (tertiary/aromatic N) is 4. The first-order chi connectivity index (χ1) is 17.9. The van der Waals surface area contributed by atoms with E-state index in [1.165, 1.54) is 0 Å². The summed E-state index contributed by atoms with van der Waals surface area (Å²) in [6.45, 7) is 11.9. The van der Waals surface area contributed by atoms with E-state index in [9.17, 15) is 9.90 Å². The van der Waals surface area contributed by atoms with Crippen LogP contribution in [-0.4, -0.2) is 38.5 Å². The van der Waals surface area contributed by atoms with Crippen molar-refractivity contribution < 1.29 is 14.6 Å². The lowest BCUT2D eigenvalue weighted by molar-refractivity contribution is -0.151. The minimum Gasteiger partial charge on any atom is -0.466 e. The van der Waals surface area contributed by atoms with Gasteiger partial charge in [0.2, 0.25) is 6.04 Å². The zero-order chi connectivity index (χ0) is 26.0. The van der Waals surface area contributed by atoms with Crippen LogP contribution in [0.25, 0.3) is 15.7 Å². The van der Waals surface area contributed by atoms with Crippen molar-refractivity contribution in [2.24, 2.45) is 5.92 Å². The summed E-state index contributed by atoms with van der Waals surface area (Å²) >= 11 is 0. The minimum atomic E-state index is -0.938. The molecule has 2 N–H and O–H groups in total. The van der Waals surface area contributed by atoms with Crippen LogP contribution < -0.4 is 5.32 Å². The lowest BCUT2D eigenvalue weighted by Crippen LogP contribution is -2.34. The molecule has 2 aliphatic rings. The van der Waals surface area contributed by atoms with Crippen LogP contribution in [0, 0.1) is 19.4 Å². The molecule has 2 saturated carbocycles. The van der Waals surface area contributed by atoms with E-state index < -0.39 is 5.60 Å². The quantitative estimate of drug-likeness (QED) is 0.326. The summed E-state index contributed by atoms with van der Waals surface area (Å²) in [4.78, 5) is 20.5. The zero-order valence-corrected chi connectivity index (χ0v) is 21.6. The van der Waals surface area contributed by atoms with Crippen LogP contribution in [0.2, 0.25) is 0 Å². The van der Waals surface area contributed by atoms with Crippen molar-refractivity contribution in [3.05, 3.63) is 59.2 Å². The van der Waals surface area contributed by atoms with Crippen LogP contribution in [0.1, 0.15) is 75.6 Å². The number of nitrogens with one attached hydrogen (secondary N) is 1. The molecule has 0 amide bonds. The molecule has 2 fully saturated rings. The third kappa shape index (κ3) is 4.93. The molecular formula is C29H35N5O3. The summed E-state index contributed by atoms with van der Waals surface area (Å²) in [5.41, 5.74) is 2.68. The van der Waals surface area contributed by atoms with E-state index in [0.717, 1.165) is 59.3 Å². The Bertz CT molecular complexity index is 1300. The Hall–Kier alpha value is -3.44. The Labute approximate surface area is 217 Å². The molecule has 2 atom stereocenters. The van der Waals surface area contributed by atoms with Crippen LogP contribution in [0.15, 0.2) is 36.5 Å². The molecule has 2 aliphatic carbocycles. The highest BCUT2D eigenvalue weighted by molar-refractivity contribution is 5.93. The fraction of sp³-hybridized carbons (Fsp3) is 0.517. The van der Waals surface area contributed by atoms with Crippen molar-refractivity contribution in [3.8, 4) is 0 Å². The first kappa shape index (κ1) is 25.2. The van der Waals surface area contributed by atoms with Crippen LogP contribution in [-0.2, 0) is 15.1 Å². The number of anilines is 2. The number of pyridine rings is 1. The second kappa shape index (κ2) is 10.5. The highest BCUT2D eigenvalue weighted by Crippen LogP contribution is 2.41. The number of aliphatic hydroxyl groups is 1. The van der Waals surface area contributed by atoms with Gasteiger partial charge < -0.3 is 20.0 Å². The van der Waals surface area contributed by atoms with Gasteiger partial charge in [-0.05, 0) is 76.1 Å². The lowest BCUT2D eigenvalue weighted by atomic mass is 9.75. The summed E-state index contributed by atoms with van der Waals surface area (Å²) in [5.74, 6) is 0.445. The smallest absolute Gasteiger partial charge is 0.308 e. The third-order valence-electron chi connectivity index (χ3n) is 8.10. The molecule has 0 radical (unpaired) electrons. The Morgan fingerprint density at radius 1 is 1.19 bits per heavy atom. The third-order valence-corrected chi connectivity index (χ3v) is 8.10. The second-order valence-corrected chi connectivity index (χ2v) is 10.4. The number of esters is 1. The Morgan fingerprint density at radius 2 is 1.92 bits per heavy atom. The predicted octanol–water partition coefficient (Wildman–Crippen LogP) is 5.83. The van der Waals surface area contributed by atoms with Crippen LogP contribution in [0.5, 0.6) is 0 Å². The SMILES string of the molecule is [C-]#[N+][C@H]1CCCC[C@@H]1n1nc(Nc2ccc(C3(O)CCC(C(=O)OCC)CC3)cc2)c2c(C)nccc21. The van der Waals surface area contributed by atoms with Crippen molar-refractivity contribution in [3.63, 3.8) is 0 Å². The largest absolute Gasteiger partial charge is 0.466 e. The fourth-order valence-corrected chi connectivity index (χ4v) is 6.00. The maximum atomic E-state index is 12.1. The number of carbonyl (C=O) groups excluding carboxylic acids is 1. The number of aryl methyl sites for hydroxylation is 1. The van der Waals surface area contributed by atoms with E-state index in [4.69, 9.17) is 16.4 Å². The maximum absolute atomic E-state index is 12.1. The summed E-state index contributed by atoms with van der Waals surface area (Å²) in [5, 5.41) is 20.7. The van der Waals surface area contributed by atoms with Gasteiger partial charge in [0, 0.05) is 18.3 Å². The molecular weight excluding hydrogens is 466 g/mol. The molecule has 8 nitrogen and oxygen atoms in total. The standard InChI is InChI=1S/C29H35N5O3/c1-4-37-28(35)20-13-16-29(36,17-14-20)21-9-11-22(12-10-21)32-27-26-19(2)31-18-15-25(26)34(33-27)24-8-6-5-7-23(24)30-3/h9-12,15,18,20,23-24,36H,4-8,13-14,16-17H2,1-2H3,(H,32,33)/t20?,23-,24-,29?/m0/s1. The monoisotopic (exact) mass is 501 g/mol. The number of hydrogen-bond acceptors (Lipinski definition) is 6. The normalized spacial score (nSPS) is 25.9. The zero-order valence-electron chi connectivity index (χ0n) is 21.6.